The number of urea groups is 1. The topological polar surface area (TPSA) is 67.4 Å². The van der Waals surface area contributed by atoms with E-state index < -0.39 is 5.97 Å². The van der Waals surface area contributed by atoms with Crippen molar-refractivity contribution in [1.29, 1.82) is 0 Å². The molecular weight excluding hydrogens is 288 g/mol. The van der Waals surface area contributed by atoms with Crippen LogP contribution < -0.4 is 10.6 Å². The van der Waals surface area contributed by atoms with E-state index >= 15 is 0 Å². The molecular formula is C15H16N2O3S. The molecule has 5 nitrogen and oxygen atoms in total. The smallest absolute Gasteiger partial charge is 0.337 e. The number of benzene rings is 1. The van der Waals surface area contributed by atoms with Crippen LogP contribution in [-0.2, 0) is 4.74 Å². The summed E-state index contributed by atoms with van der Waals surface area (Å²) in [6.45, 7) is 1.92. The molecule has 1 aromatic carbocycles. The normalized spacial score (nSPS) is 11.5. The first-order valence-electron chi connectivity index (χ1n) is 6.39. The van der Waals surface area contributed by atoms with Crippen molar-refractivity contribution in [2.75, 3.05) is 12.4 Å². The van der Waals surface area contributed by atoms with E-state index in [1.165, 1.54) is 7.11 Å². The largest absolute Gasteiger partial charge is 0.465 e. The van der Waals surface area contributed by atoms with Gasteiger partial charge in [0, 0.05) is 10.6 Å². The molecule has 0 aliphatic rings. The minimum absolute atomic E-state index is 0.0562. The van der Waals surface area contributed by atoms with Gasteiger partial charge in [0.15, 0.2) is 0 Å². The second kappa shape index (κ2) is 6.90. The summed E-state index contributed by atoms with van der Waals surface area (Å²) in [6, 6.07) is 10.1. The lowest BCUT2D eigenvalue weighted by Gasteiger charge is -2.13. The van der Waals surface area contributed by atoms with E-state index in [4.69, 9.17) is 0 Å². The molecule has 0 radical (unpaired) electrons. The standard InChI is InChI=1S/C15H16N2O3S/c1-10(13-4-3-9-21-13)16-15(19)17-12-7-5-11(6-8-12)14(18)20-2/h3-10H,1-2H3,(H2,16,17,19)/t10-/m1/s1. The van der Waals surface area contributed by atoms with Crippen LogP contribution >= 0.6 is 11.3 Å². The molecule has 0 aliphatic heterocycles. The Morgan fingerprint density at radius 3 is 2.48 bits per heavy atom. The third-order valence-electron chi connectivity index (χ3n) is 2.88. The fourth-order valence-corrected chi connectivity index (χ4v) is 2.51. The summed E-state index contributed by atoms with van der Waals surface area (Å²) in [6.07, 6.45) is 0. The van der Waals surface area contributed by atoms with Crippen molar-refractivity contribution in [3.63, 3.8) is 0 Å². The maximum atomic E-state index is 11.9. The van der Waals surface area contributed by atoms with E-state index in [1.54, 1.807) is 35.6 Å². The molecule has 1 atom stereocenters. The Morgan fingerprint density at radius 2 is 1.90 bits per heavy atom. The van der Waals surface area contributed by atoms with Crippen LogP contribution in [0.15, 0.2) is 41.8 Å². The number of carbonyl (C=O) groups excluding carboxylic acids is 2. The highest BCUT2D eigenvalue weighted by molar-refractivity contribution is 7.10. The Balaban J connectivity index is 1.92. The Bertz CT molecular complexity index is 608. The van der Waals surface area contributed by atoms with Crippen LogP contribution in [0.1, 0.15) is 28.2 Å². The van der Waals surface area contributed by atoms with Gasteiger partial charge in [-0.3, -0.25) is 0 Å². The Hall–Kier alpha value is -2.34. The summed E-state index contributed by atoms with van der Waals surface area (Å²) >= 11 is 1.59. The molecule has 0 aliphatic carbocycles. The summed E-state index contributed by atoms with van der Waals surface area (Å²) in [5.41, 5.74) is 1.05. The highest BCUT2D eigenvalue weighted by Gasteiger charge is 2.10. The number of amides is 2. The van der Waals surface area contributed by atoms with Crippen LogP contribution in [0.4, 0.5) is 10.5 Å². The quantitative estimate of drug-likeness (QED) is 0.851. The van der Waals surface area contributed by atoms with Gasteiger partial charge in [0.25, 0.3) is 0 Å². The summed E-state index contributed by atoms with van der Waals surface area (Å²) in [5.74, 6) is -0.405. The van der Waals surface area contributed by atoms with Crippen molar-refractivity contribution < 1.29 is 14.3 Å². The molecule has 1 aromatic heterocycles. The lowest BCUT2D eigenvalue weighted by molar-refractivity contribution is 0.0601. The van der Waals surface area contributed by atoms with Crippen LogP contribution in [0, 0.1) is 0 Å². The molecule has 2 aromatic rings. The molecule has 110 valence electrons. The molecule has 0 bridgehead atoms. The number of hydrogen-bond donors (Lipinski definition) is 2. The predicted octanol–water partition coefficient (Wildman–Crippen LogP) is 3.42. The summed E-state index contributed by atoms with van der Waals surface area (Å²) in [4.78, 5) is 24.3. The first-order chi connectivity index (χ1) is 10.1. The molecule has 0 saturated carbocycles. The van der Waals surface area contributed by atoms with Gasteiger partial charge in [-0.1, -0.05) is 6.07 Å². The van der Waals surface area contributed by atoms with Gasteiger partial charge >= 0.3 is 12.0 Å². The second-order valence-electron chi connectivity index (χ2n) is 4.40. The van der Waals surface area contributed by atoms with Crippen molar-refractivity contribution >= 4 is 29.0 Å². The Kier molecular flexibility index (Phi) is 4.94. The summed E-state index contributed by atoms with van der Waals surface area (Å²) in [5, 5.41) is 7.54. The van der Waals surface area contributed by atoms with Crippen LogP contribution in [0.5, 0.6) is 0 Å². The van der Waals surface area contributed by atoms with Crippen LogP contribution in [0.2, 0.25) is 0 Å². The molecule has 2 rings (SSSR count). The fourth-order valence-electron chi connectivity index (χ4n) is 1.78. The van der Waals surface area contributed by atoms with Crippen molar-refractivity contribution in [3.8, 4) is 0 Å². The van der Waals surface area contributed by atoms with Gasteiger partial charge in [-0.25, -0.2) is 9.59 Å². The van der Waals surface area contributed by atoms with Gasteiger partial charge < -0.3 is 15.4 Å². The van der Waals surface area contributed by atoms with Gasteiger partial charge in [0.2, 0.25) is 0 Å². The van der Waals surface area contributed by atoms with E-state index in [-0.39, 0.29) is 12.1 Å². The zero-order valence-electron chi connectivity index (χ0n) is 11.8. The van der Waals surface area contributed by atoms with Gasteiger partial charge in [0.05, 0.1) is 18.7 Å². The minimum atomic E-state index is -0.405. The minimum Gasteiger partial charge on any atom is -0.465 e. The van der Waals surface area contributed by atoms with E-state index in [0.29, 0.717) is 11.3 Å². The molecule has 21 heavy (non-hydrogen) atoms. The van der Waals surface area contributed by atoms with Crippen molar-refractivity contribution in [1.82, 2.24) is 5.32 Å². The fraction of sp³-hybridized carbons (Fsp3) is 0.200. The zero-order valence-corrected chi connectivity index (χ0v) is 12.6. The molecule has 1 heterocycles. The van der Waals surface area contributed by atoms with Crippen LogP contribution in [-0.4, -0.2) is 19.1 Å². The second-order valence-corrected chi connectivity index (χ2v) is 5.38. The van der Waals surface area contributed by atoms with Gasteiger partial charge in [-0.2, -0.15) is 0 Å². The number of esters is 1. The van der Waals surface area contributed by atoms with E-state index in [2.05, 4.69) is 15.4 Å². The maximum absolute atomic E-state index is 11.9. The monoisotopic (exact) mass is 304 g/mol. The first-order valence-corrected chi connectivity index (χ1v) is 7.27. The van der Waals surface area contributed by atoms with Crippen LogP contribution in [0.3, 0.4) is 0 Å². The number of rotatable bonds is 4. The lowest BCUT2D eigenvalue weighted by atomic mass is 10.2. The SMILES string of the molecule is COC(=O)c1ccc(NC(=O)N[C@H](C)c2cccs2)cc1. The van der Waals surface area contributed by atoms with Crippen molar-refractivity contribution in [2.45, 2.75) is 13.0 Å². The highest BCUT2D eigenvalue weighted by Crippen LogP contribution is 2.18. The number of methoxy groups -OCH3 is 1. The number of ether oxygens (including phenoxy) is 1. The van der Waals surface area contributed by atoms with E-state index in [9.17, 15) is 9.59 Å². The molecule has 2 amide bonds. The van der Waals surface area contributed by atoms with Crippen molar-refractivity contribution in [2.24, 2.45) is 0 Å². The predicted molar refractivity (Wildman–Crippen MR) is 82.7 cm³/mol. The zero-order chi connectivity index (χ0) is 15.2. The average molecular weight is 304 g/mol. The number of nitrogens with one attached hydrogen (secondary N) is 2. The average Bonchev–Trinajstić information content (AvgIpc) is 3.01. The third-order valence-corrected chi connectivity index (χ3v) is 3.94. The van der Waals surface area contributed by atoms with E-state index in [1.807, 2.05) is 24.4 Å². The Morgan fingerprint density at radius 1 is 1.19 bits per heavy atom. The summed E-state index contributed by atoms with van der Waals surface area (Å²) in [7, 11) is 1.33. The number of hydrogen-bond acceptors (Lipinski definition) is 4. The molecule has 0 spiro atoms. The molecule has 0 unspecified atom stereocenters. The van der Waals surface area contributed by atoms with Gasteiger partial charge in [0.1, 0.15) is 0 Å². The summed E-state index contributed by atoms with van der Waals surface area (Å²) < 4.78 is 4.61. The molecule has 0 fully saturated rings. The molecule has 6 heteroatoms. The van der Waals surface area contributed by atoms with Gasteiger partial charge in [-0.15, -0.1) is 11.3 Å². The molecule has 0 saturated heterocycles. The lowest BCUT2D eigenvalue weighted by Crippen LogP contribution is -2.30. The number of thiophene rings is 1. The van der Waals surface area contributed by atoms with Crippen molar-refractivity contribution in [3.05, 3.63) is 52.2 Å². The van der Waals surface area contributed by atoms with E-state index in [0.717, 1.165) is 4.88 Å². The number of carbonyl (C=O) groups is 2. The van der Waals surface area contributed by atoms with Crippen LogP contribution in [0.25, 0.3) is 0 Å². The first kappa shape index (κ1) is 15.1. The molecule has 2 N–H and O–H groups in total. The number of anilines is 1. The Labute approximate surface area is 126 Å². The third kappa shape index (κ3) is 4.06. The highest BCUT2D eigenvalue weighted by atomic mass is 32.1. The maximum Gasteiger partial charge on any atom is 0.337 e. The van der Waals surface area contributed by atoms with Gasteiger partial charge in [-0.05, 0) is 42.6 Å².